The van der Waals surface area contributed by atoms with Gasteiger partial charge in [0.05, 0.1) is 26.2 Å². The molecule has 0 aromatic rings. The molecule has 0 bridgehead atoms. The van der Waals surface area contributed by atoms with Gasteiger partial charge in [0.1, 0.15) is 26.2 Å². The summed E-state index contributed by atoms with van der Waals surface area (Å²) in [5.41, 5.74) is 5.26. The fourth-order valence-electron chi connectivity index (χ4n) is 2.38. The van der Waals surface area contributed by atoms with Gasteiger partial charge in [0, 0.05) is 26.6 Å². The number of aliphatic hydroxyl groups is 1. The van der Waals surface area contributed by atoms with Crippen LogP contribution in [0.1, 0.15) is 6.92 Å². The van der Waals surface area contributed by atoms with Crippen molar-refractivity contribution in [3.05, 3.63) is 0 Å². The van der Waals surface area contributed by atoms with Gasteiger partial charge in [-0.15, -0.1) is 0 Å². The van der Waals surface area contributed by atoms with Crippen molar-refractivity contribution in [1.82, 2.24) is 36.4 Å². The van der Waals surface area contributed by atoms with Gasteiger partial charge in [-0.25, -0.2) is 9.59 Å². The largest absolute Gasteiger partial charge is 0.371 e. The van der Waals surface area contributed by atoms with Crippen LogP contribution in [0.5, 0.6) is 0 Å². The lowest BCUT2D eigenvalue weighted by molar-refractivity contribution is -0.136. The van der Waals surface area contributed by atoms with Gasteiger partial charge in [0.25, 0.3) is 0 Å². The molecule has 0 saturated carbocycles. The van der Waals surface area contributed by atoms with E-state index < -0.39 is 81.1 Å². The second kappa shape index (κ2) is 19.1. The van der Waals surface area contributed by atoms with E-state index in [4.69, 9.17) is 15.6 Å². The highest BCUT2D eigenvalue weighted by Gasteiger charge is 2.22. The number of hydrogen-bond acceptors (Lipinski definition) is 11. The number of amides is 9. The number of rotatable bonds is 16. The van der Waals surface area contributed by atoms with Gasteiger partial charge in [0.15, 0.2) is 0 Å². The molecule has 8 N–H and O–H groups in total. The number of nitrogens with zero attached hydrogens (tertiary/aromatic N) is 2. The van der Waals surface area contributed by atoms with Crippen molar-refractivity contribution in [3.8, 4) is 0 Å². The van der Waals surface area contributed by atoms with Crippen molar-refractivity contribution >= 4 is 47.9 Å². The lowest BCUT2D eigenvalue weighted by Crippen LogP contribution is -2.52. The number of carbonyl (C=O) groups is 8. The molecule has 0 heterocycles. The Labute approximate surface area is 211 Å². The van der Waals surface area contributed by atoms with Crippen LogP contribution < -0.4 is 32.3 Å². The Bertz CT molecular complexity index is 838. The summed E-state index contributed by atoms with van der Waals surface area (Å²) in [6.07, 6.45) is 0.388. The molecule has 18 nitrogen and oxygen atoms in total. The van der Waals surface area contributed by atoms with E-state index in [1.165, 1.54) is 0 Å². The zero-order chi connectivity index (χ0) is 28.2. The molecule has 0 atom stereocenters. The summed E-state index contributed by atoms with van der Waals surface area (Å²) in [5, 5.41) is 19.2. The van der Waals surface area contributed by atoms with Gasteiger partial charge in [-0.1, -0.05) is 0 Å². The van der Waals surface area contributed by atoms with E-state index in [0.717, 1.165) is 16.7 Å². The van der Waals surface area contributed by atoms with E-state index >= 15 is 0 Å². The lowest BCUT2D eigenvalue weighted by Gasteiger charge is -2.22. The Morgan fingerprint density at radius 3 is 2.16 bits per heavy atom. The Hall–Kier alpha value is -4.16. The van der Waals surface area contributed by atoms with Crippen molar-refractivity contribution in [2.45, 2.75) is 6.92 Å². The van der Waals surface area contributed by atoms with Crippen LogP contribution >= 0.6 is 0 Å². The number of hydrogen-bond donors (Lipinski definition) is 7. The van der Waals surface area contributed by atoms with Crippen LogP contribution in [0.2, 0.25) is 0 Å². The fraction of sp³-hybridized carbons (Fsp3) is 0.579. The third kappa shape index (κ3) is 16.2. The van der Waals surface area contributed by atoms with Gasteiger partial charge < -0.3 is 46.1 Å². The van der Waals surface area contributed by atoms with Crippen LogP contribution in [0.3, 0.4) is 0 Å². The summed E-state index contributed by atoms with van der Waals surface area (Å²) >= 11 is 0. The van der Waals surface area contributed by atoms with Crippen molar-refractivity contribution in [2.24, 2.45) is 5.73 Å². The predicted molar refractivity (Wildman–Crippen MR) is 123 cm³/mol. The predicted octanol–water partition coefficient (Wildman–Crippen LogP) is -5.44. The smallest absolute Gasteiger partial charge is 0.324 e. The molecule has 0 aliphatic heterocycles. The fourth-order valence-corrected chi connectivity index (χ4v) is 2.38. The van der Waals surface area contributed by atoms with Gasteiger partial charge in [-0.2, -0.15) is 0 Å². The molecule has 0 fully saturated rings. The van der Waals surface area contributed by atoms with Gasteiger partial charge in [-0.05, 0) is 0 Å². The first-order chi connectivity index (χ1) is 17.5. The zero-order valence-corrected chi connectivity index (χ0v) is 20.2. The molecule has 0 radical (unpaired) electrons. The minimum Gasteiger partial charge on any atom is -0.371 e. The monoisotopic (exact) mass is 532 g/mol. The van der Waals surface area contributed by atoms with Gasteiger partial charge in [0.2, 0.25) is 29.5 Å². The molecule has 37 heavy (non-hydrogen) atoms. The first-order valence-corrected chi connectivity index (χ1v) is 10.8. The Balaban J connectivity index is 4.85. The number of nitrogens with one attached hydrogen (secondary N) is 5. The first kappa shape index (κ1) is 32.8. The van der Waals surface area contributed by atoms with E-state index in [2.05, 4.69) is 16.0 Å². The average molecular weight is 533 g/mol. The number of urea groups is 2. The molecule has 0 aliphatic carbocycles. The minimum absolute atomic E-state index is 0.162. The molecule has 208 valence electrons. The van der Waals surface area contributed by atoms with Gasteiger partial charge >= 0.3 is 12.1 Å². The van der Waals surface area contributed by atoms with Crippen LogP contribution in [0, 0.1) is 0 Å². The van der Waals surface area contributed by atoms with Crippen LogP contribution in [0.4, 0.5) is 9.59 Å². The summed E-state index contributed by atoms with van der Waals surface area (Å²) in [4.78, 5) is 95.5. The highest BCUT2D eigenvalue weighted by atomic mass is 16.6. The van der Waals surface area contributed by atoms with E-state index in [0.29, 0.717) is 6.29 Å². The van der Waals surface area contributed by atoms with Crippen molar-refractivity contribution in [2.75, 3.05) is 65.8 Å². The summed E-state index contributed by atoms with van der Waals surface area (Å²) in [7, 11) is 0. The normalized spacial score (nSPS) is 9.92. The van der Waals surface area contributed by atoms with Crippen LogP contribution in [0.15, 0.2) is 0 Å². The number of ether oxygens (including phenoxy) is 1. The molecule has 0 unspecified atom stereocenters. The Kier molecular flexibility index (Phi) is 16.9. The highest BCUT2D eigenvalue weighted by molar-refractivity contribution is 6.00. The third-order valence-corrected chi connectivity index (χ3v) is 4.06. The summed E-state index contributed by atoms with van der Waals surface area (Å²) in [6.45, 7) is -2.43. The third-order valence-electron chi connectivity index (χ3n) is 4.06. The molecule has 18 heteroatoms. The number of nitrogens with two attached hydrogens (primary N) is 1. The van der Waals surface area contributed by atoms with Crippen molar-refractivity contribution < 1.29 is 48.2 Å². The molecule has 0 aromatic heterocycles. The van der Waals surface area contributed by atoms with E-state index in [1.54, 1.807) is 0 Å². The maximum absolute atomic E-state index is 12.3. The van der Waals surface area contributed by atoms with Crippen LogP contribution in [-0.2, 0) is 33.5 Å². The standard InChI is InChI=1S/C19H32N8O10/c1-13(30)22-8-14(31)25-19(36)27(5-7-37-12-29)11-16(33)24-18(35)23-9-17(34)26(4-6-28)10-15(32)21-3-2-20/h6,29H,2-5,7-12,20H2,1H3,(H,21,32)(H,22,30)(H,25,31,36)(H2,23,24,33,35). The topological polar surface area (TPSA) is 259 Å². The lowest BCUT2D eigenvalue weighted by atomic mass is 10.4. The van der Waals surface area contributed by atoms with Gasteiger partial charge in [-0.3, -0.25) is 34.6 Å². The molecule has 0 spiro atoms. The zero-order valence-electron chi connectivity index (χ0n) is 20.2. The van der Waals surface area contributed by atoms with E-state index in [9.17, 15) is 38.4 Å². The van der Waals surface area contributed by atoms with E-state index in [-0.39, 0.29) is 26.2 Å². The van der Waals surface area contributed by atoms with Crippen LogP contribution in [0.25, 0.3) is 0 Å². The Morgan fingerprint density at radius 2 is 1.57 bits per heavy atom. The molecule has 0 saturated heterocycles. The maximum Gasteiger partial charge on any atom is 0.324 e. The molecular weight excluding hydrogens is 500 g/mol. The number of aldehydes is 1. The minimum atomic E-state index is -1.12. The summed E-state index contributed by atoms with van der Waals surface area (Å²) < 4.78 is 4.70. The molecule has 0 aromatic carbocycles. The molecular formula is C19H32N8O10. The maximum atomic E-state index is 12.3. The number of imide groups is 2. The molecule has 9 amide bonds. The average Bonchev–Trinajstić information content (AvgIpc) is 2.83. The number of aliphatic hydroxyl groups excluding tert-OH is 1. The van der Waals surface area contributed by atoms with Crippen molar-refractivity contribution in [1.29, 1.82) is 0 Å². The molecule has 0 rings (SSSR count). The summed E-state index contributed by atoms with van der Waals surface area (Å²) in [5.74, 6) is -3.76. The first-order valence-electron chi connectivity index (χ1n) is 10.8. The number of carbonyl (C=O) groups excluding carboxylic acids is 8. The Morgan fingerprint density at radius 1 is 0.892 bits per heavy atom. The quantitative estimate of drug-likeness (QED) is 0.0560. The van der Waals surface area contributed by atoms with Crippen LogP contribution in [-0.4, -0.2) is 129 Å². The second-order valence-corrected chi connectivity index (χ2v) is 7.03. The van der Waals surface area contributed by atoms with E-state index in [1.807, 2.05) is 10.6 Å². The summed E-state index contributed by atoms with van der Waals surface area (Å²) in [6, 6.07) is -2.16. The van der Waals surface area contributed by atoms with Crippen molar-refractivity contribution in [3.63, 3.8) is 0 Å². The molecule has 0 aliphatic rings. The highest BCUT2D eigenvalue weighted by Crippen LogP contribution is 1.92. The second-order valence-electron chi connectivity index (χ2n) is 7.03. The SMILES string of the molecule is CC(=O)NCC(=O)NC(=O)N(CCOCO)CC(=O)NC(=O)NCC(=O)N(CC=O)CC(=O)NCCN.